The molecule has 0 atom stereocenters. The van der Waals surface area contributed by atoms with Crippen LogP contribution in [0.2, 0.25) is 0 Å². The van der Waals surface area contributed by atoms with Crippen LogP contribution in [0.3, 0.4) is 0 Å². The molecule has 0 unspecified atom stereocenters. The Kier molecular flexibility index (Phi) is 5.16. The predicted molar refractivity (Wildman–Crippen MR) is 82.1 cm³/mol. The standard InChI is InChI=1S/C16H23N3O/c1-19(2)15-14(9-6-11-17-15)16(20)18-12-10-13-7-4-3-5-8-13/h6-7,9,11H,3-5,8,10,12H2,1-2H3,(H,18,20). The molecule has 4 heteroatoms. The maximum Gasteiger partial charge on any atom is 0.255 e. The summed E-state index contributed by atoms with van der Waals surface area (Å²) in [5.41, 5.74) is 2.12. The van der Waals surface area contributed by atoms with E-state index in [1.807, 2.05) is 25.1 Å². The van der Waals surface area contributed by atoms with Gasteiger partial charge in [0.1, 0.15) is 5.82 Å². The van der Waals surface area contributed by atoms with E-state index in [0.717, 1.165) is 6.42 Å². The fourth-order valence-corrected chi connectivity index (χ4v) is 2.49. The van der Waals surface area contributed by atoms with Gasteiger partial charge in [0.05, 0.1) is 5.56 Å². The van der Waals surface area contributed by atoms with Crippen molar-refractivity contribution in [2.24, 2.45) is 0 Å². The number of nitrogens with zero attached hydrogens (tertiary/aromatic N) is 2. The topological polar surface area (TPSA) is 45.2 Å². The highest BCUT2D eigenvalue weighted by molar-refractivity contribution is 5.98. The molecule has 0 bridgehead atoms. The number of hydrogen-bond donors (Lipinski definition) is 1. The molecule has 1 aromatic heterocycles. The van der Waals surface area contributed by atoms with Gasteiger partial charge in [0.15, 0.2) is 0 Å². The first kappa shape index (κ1) is 14.6. The second-order valence-electron chi connectivity index (χ2n) is 5.38. The summed E-state index contributed by atoms with van der Waals surface area (Å²) in [5, 5.41) is 3.00. The number of rotatable bonds is 5. The fraction of sp³-hybridized carbons (Fsp3) is 0.500. The number of carbonyl (C=O) groups excluding carboxylic acids is 1. The Morgan fingerprint density at radius 1 is 1.40 bits per heavy atom. The first-order chi connectivity index (χ1) is 9.68. The average Bonchev–Trinajstić information content (AvgIpc) is 2.48. The van der Waals surface area contributed by atoms with Crippen LogP contribution >= 0.6 is 0 Å². The van der Waals surface area contributed by atoms with E-state index in [1.165, 1.54) is 31.3 Å². The van der Waals surface area contributed by atoms with Gasteiger partial charge in [-0.1, -0.05) is 11.6 Å². The maximum atomic E-state index is 12.2. The summed E-state index contributed by atoms with van der Waals surface area (Å²) in [7, 11) is 3.79. The summed E-state index contributed by atoms with van der Waals surface area (Å²) in [6.07, 6.45) is 9.96. The Hall–Kier alpha value is -1.84. The van der Waals surface area contributed by atoms with E-state index in [-0.39, 0.29) is 5.91 Å². The van der Waals surface area contributed by atoms with E-state index >= 15 is 0 Å². The van der Waals surface area contributed by atoms with E-state index in [1.54, 1.807) is 12.3 Å². The summed E-state index contributed by atoms with van der Waals surface area (Å²) >= 11 is 0. The van der Waals surface area contributed by atoms with Crippen LogP contribution in [0.4, 0.5) is 5.82 Å². The second kappa shape index (κ2) is 7.08. The van der Waals surface area contributed by atoms with E-state index < -0.39 is 0 Å². The lowest BCUT2D eigenvalue weighted by molar-refractivity contribution is 0.0954. The quantitative estimate of drug-likeness (QED) is 0.839. The van der Waals surface area contributed by atoms with Crippen molar-refractivity contribution in [3.63, 3.8) is 0 Å². The first-order valence-corrected chi connectivity index (χ1v) is 7.27. The van der Waals surface area contributed by atoms with Crippen molar-refractivity contribution in [2.45, 2.75) is 32.1 Å². The molecule has 0 fully saturated rings. The molecule has 1 N–H and O–H groups in total. The van der Waals surface area contributed by atoms with E-state index in [0.29, 0.717) is 17.9 Å². The highest BCUT2D eigenvalue weighted by atomic mass is 16.1. The van der Waals surface area contributed by atoms with Gasteiger partial charge in [-0.2, -0.15) is 0 Å². The molecule has 0 aromatic carbocycles. The van der Waals surface area contributed by atoms with E-state index in [2.05, 4.69) is 16.4 Å². The van der Waals surface area contributed by atoms with Gasteiger partial charge >= 0.3 is 0 Å². The van der Waals surface area contributed by atoms with Crippen molar-refractivity contribution >= 4 is 11.7 Å². The van der Waals surface area contributed by atoms with Crippen LogP contribution in [-0.4, -0.2) is 31.5 Å². The van der Waals surface area contributed by atoms with Crippen LogP contribution in [0.25, 0.3) is 0 Å². The van der Waals surface area contributed by atoms with E-state index in [9.17, 15) is 4.79 Å². The predicted octanol–water partition coefficient (Wildman–Crippen LogP) is 2.77. The lowest BCUT2D eigenvalue weighted by atomic mass is 9.97. The Morgan fingerprint density at radius 2 is 2.25 bits per heavy atom. The zero-order valence-corrected chi connectivity index (χ0v) is 12.4. The minimum Gasteiger partial charge on any atom is -0.362 e. The number of pyridine rings is 1. The molecule has 108 valence electrons. The van der Waals surface area contributed by atoms with Crippen LogP contribution in [0.5, 0.6) is 0 Å². The summed E-state index contributed by atoms with van der Waals surface area (Å²) in [6, 6.07) is 3.61. The lowest BCUT2D eigenvalue weighted by Gasteiger charge is -2.16. The Morgan fingerprint density at radius 3 is 2.95 bits per heavy atom. The number of aromatic nitrogens is 1. The van der Waals surface area contributed by atoms with E-state index in [4.69, 9.17) is 0 Å². The van der Waals surface area contributed by atoms with Gasteiger partial charge in [-0.3, -0.25) is 4.79 Å². The van der Waals surface area contributed by atoms with Gasteiger partial charge < -0.3 is 10.2 Å². The van der Waals surface area contributed by atoms with Gasteiger partial charge in [-0.05, 0) is 44.2 Å². The Balaban J connectivity index is 1.90. The minimum atomic E-state index is -0.0433. The Bertz CT molecular complexity index is 494. The molecular formula is C16H23N3O. The molecule has 0 radical (unpaired) electrons. The van der Waals surface area contributed by atoms with Gasteiger partial charge in [0.25, 0.3) is 5.91 Å². The van der Waals surface area contributed by atoms with Crippen molar-refractivity contribution < 1.29 is 4.79 Å². The number of carbonyl (C=O) groups is 1. The van der Waals surface area contributed by atoms with Crippen molar-refractivity contribution in [3.8, 4) is 0 Å². The summed E-state index contributed by atoms with van der Waals surface area (Å²) in [6.45, 7) is 0.701. The molecule has 1 heterocycles. The fourth-order valence-electron chi connectivity index (χ4n) is 2.49. The maximum absolute atomic E-state index is 12.2. The van der Waals surface area contributed by atoms with Gasteiger partial charge in [0.2, 0.25) is 0 Å². The van der Waals surface area contributed by atoms with Crippen molar-refractivity contribution in [2.75, 3.05) is 25.5 Å². The third kappa shape index (κ3) is 3.83. The number of amides is 1. The molecule has 0 saturated carbocycles. The van der Waals surface area contributed by atoms with Crippen molar-refractivity contribution in [1.29, 1.82) is 0 Å². The molecule has 4 nitrogen and oxygen atoms in total. The van der Waals surface area contributed by atoms with Crippen molar-refractivity contribution in [3.05, 3.63) is 35.5 Å². The van der Waals surface area contributed by atoms with Gasteiger partial charge in [-0.25, -0.2) is 4.98 Å². The Labute approximate surface area is 120 Å². The zero-order chi connectivity index (χ0) is 14.4. The van der Waals surface area contributed by atoms with Crippen molar-refractivity contribution in [1.82, 2.24) is 10.3 Å². The number of anilines is 1. The molecule has 0 spiro atoms. The smallest absolute Gasteiger partial charge is 0.255 e. The van der Waals surface area contributed by atoms with Crippen LogP contribution in [-0.2, 0) is 0 Å². The average molecular weight is 273 g/mol. The normalized spacial score (nSPS) is 14.6. The van der Waals surface area contributed by atoms with Gasteiger partial charge in [-0.15, -0.1) is 0 Å². The van der Waals surface area contributed by atoms with Crippen LogP contribution in [0.15, 0.2) is 30.0 Å². The number of hydrogen-bond acceptors (Lipinski definition) is 3. The summed E-state index contributed by atoms with van der Waals surface area (Å²) in [5.74, 6) is 0.667. The summed E-state index contributed by atoms with van der Waals surface area (Å²) < 4.78 is 0. The third-order valence-electron chi connectivity index (χ3n) is 3.57. The molecule has 0 saturated heterocycles. The van der Waals surface area contributed by atoms with Gasteiger partial charge in [0, 0.05) is 26.8 Å². The molecular weight excluding hydrogens is 250 g/mol. The lowest BCUT2D eigenvalue weighted by Crippen LogP contribution is -2.27. The molecule has 1 aliphatic carbocycles. The highest BCUT2D eigenvalue weighted by Crippen LogP contribution is 2.19. The molecule has 1 aliphatic rings. The van der Waals surface area contributed by atoms with Crippen LogP contribution in [0.1, 0.15) is 42.5 Å². The molecule has 1 aromatic rings. The molecule has 0 aliphatic heterocycles. The third-order valence-corrected chi connectivity index (χ3v) is 3.57. The van der Waals surface area contributed by atoms with Crippen LogP contribution in [0, 0.1) is 0 Å². The van der Waals surface area contributed by atoms with Crippen LogP contribution < -0.4 is 10.2 Å². The zero-order valence-electron chi connectivity index (χ0n) is 12.4. The largest absolute Gasteiger partial charge is 0.362 e. The number of nitrogens with one attached hydrogen (secondary N) is 1. The first-order valence-electron chi connectivity index (χ1n) is 7.27. The SMILES string of the molecule is CN(C)c1ncccc1C(=O)NCCC1=CCCCC1. The number of allylic oxidation sites excluding steroid dienone is 1. The highest BCUT2D eigenvalue weighted by Gasteiger charge is 2.13. The molecule has 2 rings (SSSR count). The molecule has 1 amide bonds. The monoisotopic (exact) mass is 273 g/mol. The summed E-state index contributed by atoms with van der Waals surface area (Å²) in [4.78, 5) is 18.3. The molecule has 20 heavy (non-hydrogen) atoms. The second-order valence-corrected chi connectivity index (χ2v) is 5.38. The minimum absolute atomic E-state index is 0.0433.